The molecule has 8 heteroatoms. The Hall–Kier alpha value is -3.81. The molecule has 0 aliphatic carbocycles. The van der Waals surface area contributed by atoms with E-state index in [1.165, 1.54) is 7.05 Å². The van der Waals surface area contributed by atoms with Crippen molar-refractivity contribution in [3.8, 4) is 23.0 Å². The Morgan fingerprint density at radius 1 is 1.10 bits per heavy atom. The molecule has 2 heterocycles. The molecule has 1 aromatic heterocycles. The van der Waals surface area contributed by atoms with Gasteiger partial charge in [-0.25, -0.2) is 4.98 Å². The number of hydrogen-bond donors (Lipinski definition) is 2. The second kappa shape index (κ2) is 7.67. The highest BCUT2D eigenvalue weighted by molar-refractivity contribution is 6.03. The first-order valence-corrected chi connectivity index (χ1v) is 9.02. The minimum absolute atomic E-state index is 0.0158. The van der Waals surface area contributed by atoms with Gasteiger partial charge in [0.2, 0.25) is 18.6 Å². The van der Waals surface area contributed by atoms with Crippen molar-refractivity contribution in [1.82, 2.24) is 10.3 Å². The minimum atomic E-state index is -0.296. The Morgan fingerprint density at radius 3 is 2.72 bits per heavy atom. The van der Waals surface area contributed by atoms with Gasteiger partial charge in [0.1, 0.15) is 5.76 Å². The van der Waals surface area contributed by atoms with E-state index in [0.717, 1.165) is 5.56 Å². The normalized spacial score (nSPS) is 11.9. The number of para-hydroxylation sites is 1. The topological polar surface area (TPSA) is 103 Å². The summed E-state index contributed by atoms with van der Waals surface area (Å²) in [4.78, 5) is 29.0. The van der Waals surface area contributed by atoms with Gasteiger partial charge >= 0.3 is 0 Å². The molecular formula is C21H19N3O5. The molecule has 148 valence electrons. The third kappa shape index (κ3) is 3.77. The summed E-state index contributed by atoms with van der Waals surface area (Å²) < 4.78 is 16.4. The van der Waals surface area contributed by atoms with Gasteiger partial charge in [-0.1, -0.05) is 12.1 Å². The second-order valence-corrected chi connectivity index (χ2v) is 6.44. The maximum absolute atomic E-state index is 12.5. The molecule has 2 N–H and O–H groups in total. The number of nitrogens with one attached hydrogen (secondary N) is 2. The molecule has 0 fully saturated rings. The van der Waals surface area contributed by atoms with Crippen LogP contribution in [0.15, 0.2) is 46.9 Å². The molecule has 0 atom stereocenters. The Kier molecular flexibility index (Phi) is 4.90. The van der Waals surface area contributed by atoms with Gasteiger partial charge in [0, 0.05) is 12.6 Å². The van der Waals surface area contributed by atoms with E-state index in [4.69, 9.17) is 13.9 Å². The quantitative estimate of drug-likeness (QED) is 0.691. The summed E-state index contributed by atoms with van der Waals surface area (Å²) in [5.41, 5.74) is 2.08. The van der Waals surface area contributed by atoms with Gasteiger partial charge in [0.05, 0.1) is 23.4 Å². The molecule has 4 rings (SSSR count). The van der Waals surface area contributed by atoms with E-state index >= 15 is 0 Å². The minimum Gasteiger partial charge on any atom is -0.454 e. The fraction of sp³-hybridized carbons (Fsp3) is 0.190. The number of carbonyl (C=O) groups is 2. The van der Waals surface area contributed by atoms with Crippen LogP contribution in [0.1, 0.15) is 21.8 Å². The summed E-state index contributed by atoms with van der Waals surface area (Å²) in [6, 6.07) is 12.2. The lowest BCUT2D eigenvalue weighted by Gasteiger charge is -2.09. The smallest absolute Gasteiger partial charge is 0.253 e. The van der Waals surface area contributed by atoms with Gasteiger partial charge in [-0.2, -0.15) is 0 Å². The number of nitrogens with zero attached hydrogens (tertiary/aromatic N) is 1. The Balaban J connectivity index is 1.51. The van der Waals surface area contributed by atoms with Gasteiger partial charge < -0.3 is 24.5 Å². The van der Waals surface area contributed by atoms with Gasteiger partial charge in [-0.05, 0) is 37.3 Å². The van der Waals surface area contributed by atoms with Gasteiger partial charge in [-0.15, -0.1) is 0 Å². The Bertz CT molecular complexity index is 1090. The van der Waals surface area contributed by atoms with Crippen molar-refractivity contribution in [2.24, 2.45) is 0 Å². The average Bonchev–Trinajstić information content (AvgIpc) is 3.34. The van der Waals surface area contributed by atoms with Crippen LogP contribution in [0.2, 0.25) is 0 Å². The van der Waals surface area contributed by atoms with E-state index in [1.54, 1.807) is 43.3 Å². The van der Waals surface area contributed by atoms with Crippen molar-refractivity contribution >= 4 is 17.5 Å². The summed E-state index contributed by atoms with van der Waals surface area (Å²) in [6.07, 6.45) is 0.0158. The molecule has 0 bridgehead atoms. The number of aryl methyl sites for hydroxylation is 1. The van der Waals surface area contributed by atoms with Crippen molar-refractivity contribution in [2.75, 3.05) is 19.2 Å². The zero-order valence-corrected chi connectivity index (χ0v) is 15.9. The summed E-state index contributed by atoms with van der Waals surface area (Å²) in [7, 11) is 1.54. The fourth-order valence-electron chi connectivity index (χ4n) is 3.02. The highest BCUT2D eigenvalue weighted by Crippen LogP contribution is 2.36. The van der Waals surface area contributed by atoms with Crippen molar-refractivity contribution in [3.05, 3.63) is 59.5 Å². The monoisotopic (exact) mass is 393 g/mol. The van der Waals surface area contributed by atoms with Crippen LogP contribution in [0.5, 0.6) is 11.5 Å². The zero-order valence-electron chi connectivity index (χ0n) is 15.9. The molecule has 1 aliphatic rings. The van der Waals surface area contributed by atoms with Gasteiger partial charge in [-0.3, -0.25) is 9.59 Å². The standard InChI is InChI=1S/C21H19N3O5/c1-12-16(10-19(25)23-15-6-4-3-5-14(15)20(26)22-2)24-21(29-12)13-7-8-17-18(9-13)28-11-27-17/h3-9H,10-11H2,1-2H3,(H,22,26)(H,23,25). The number of oxazole rings is 1. The van der Waals surface area contributed by atoms with Crippen molar-refractivity contribution in [3.63, 3.8) is 0 Å². The number of amides is 2. The van der Waals surface area contributed by atoms with Crippen LogP contribution in [0.3, 0.4) is 0 Å². The molecule has 0 unspecified atom stereocenters. The first-order chi connectivity index (χ1) is 14.0. The van der Waals surface area contributed by atoms with Crippen LogP contribution >= 0.6 is 0 Å². The molecule has 29 heavy (non-hydrogen) atoms. The lowest BCUT2D eigenvalue weighted by atomic mass is 10.1. The van der Waals surface area contributed by atoms with Crippen LogP contribution in [-0.2, 0) is 11.2 Å². The lowest BCUT2D eigenvalue weighted by Crippen LogP contribution is -2.22. The molecule has 8 nitrogen and oxygen atoms in total. The third-order valence-corrected chi connectivity index (χ3v) is 4.51. The van der Waals surface area contributed by atoms with Crippen molar-refractivity contribution < 1.29 is 23.5 Å². The number of carbonyl (C=O) groups excluding carboxylic acids is 2. The Labute approximate surface area is 166 Å². The van der Waals surface area contributed by atoms with Crippen LogP contribution in [0.4, 0.5) is 5.69 Å². The van der Waals surface area contributed by atoms with E-state index in [2.05, 4.69) is 15.6 Å². The molecule has 2 amide bonds. The van der Waals surface area contributed by atoms with Crippen LogP contribution < -0.4 is 20.1 Å². The van der Waals surface area contributed by atoms with E-state index in [9.17, 15) is 9.59 Å². The van der Waals surface area contributed by atoms with E-state index in [0.29, 0.717) is 40.1 Å². The number of aromatic nitrogens is 1. The van der Waals surface area contributed by atoms with E-state index < -0.39 is 0 Å². The number of ether oxygens (including phenoxy) is 2. The molecular weight excluding hydrogens is 374 g/mol. The highest BCUT2D eigenvalue weighted by atomic mass is 16.7. The van der Waals surface area contributed by atoms with Gasteiger partial charge in [0.25, 0.3) is 5.91 Å². The summed E-state index contributed by atoms with van der Waals surface area (Å²) in [5, 5.41) is 5.32. The summed E-state index contributed by atoms with van der Waals surface area (Å²) in [5.74, 6) is 1.68. The number of anilines is 1. The zero-order chi connectivity index (χ0) is 20.4. The molecule has 3 aromatic rings. The molecule has 0 spiro atoms. The first-order valence-electron chi connectivity index (χ1n) is 9.02. The number of hydrogen-bond acceptors (Lipinski definition) is 6. The molecule has 0 radical (unpaired) electrons. The first kappa shape index (κ1) is 18.5. The molecule has 0 saturated carbocycles. The largest absolute Gasteiger partial charge is 0.454 e. The predicted molar refractivity (Wildman–Crippen MR) is 105 cm³/mol. The molecule has 0 saturated heterocycles. The van der Waals surface area contributed by atoms with Gasteiger partial charge in [0.15, 0.2) is 11.5 Å². The van der Waals surface area contributed by atoms with E-state index in [1.807, 2.05) is 6.07 Å². The number of rotatable bonds is 5. The van der Waals surface area contributed by atoms with Crippen molar-refractivity contribution in [2.45, 2.75) is 13.3 Å². The molecule has 2 aromatic carbocycles. The maximum atomic E-state index is 12.5. The SMILES string of the molecule is CNC(=O)c1ccccc1NC(=O)Cc1nc(-c2ccc3c(c2)OCO3)oc1C. The average molecular weight is 393 g/mol. The maximum Gasteiger partial charge on any atom is 0.253 e. The van der Waals surface area contributed by atoms with E-state index in [-0.39, 0.29) is 25.0 Å². The summed E-state index contributed by atoms with van der Waals surface area (Å²) in [6.45, 7) is 1.94. The van der Waals surface area contributed by atoms with Crippen LogP contribution in [0, 0.1) is 6.92 Å². The van der Waals surface area contributed by atoms with Crippen LogP contribution in [0.25, 0.3) is 11.5 Å². The Morgan fingerprint density at radius 2 is 1.90 bits per heavy atom. The predicted octanol–water partition coefficient (Wildman–Crippen LogP) is 2.92. The lowest BCUT2D eigenvalue weighted by molar-refractivity contribution is -0.115. The summed E-state index contributed by atoms with van der Waals surface area (Å²) >= 11 is 0. The van der Waals surface area contributed by atoms with Crippen LogP contribution in [-0.4, -0.2) is 30.6 Å². The number of benzene rings is 2. The number of fused-ring (bicyclic) bond motifs is 1. The molecule has 1 aliphatic heterocycles. The fourth-order valence-corrected chi connectivity index (χ4v) is 3.02. The third-order valence-electron chi connectivity index (χ3n) is 4.51. The van der Waals surface area contributed by atoms with Crippen molar-refractivity contribution in [1.29, 1.82) is 0 Å². The second-order valence-electron chi connectivity index (χ2n) is 6.44. The highest BCUT2D eigenvalue weighted by Gasteiger charge is 2.19.